The topological polar surface area (TPSA) is 29.1 Å². The Balaban J connectivity index is 1.81. The van der Waals surface area contributed by atoms with Crippen molar-refractivity contribution in [2.75, 3.05) is 11.1 Å². The normalized spacial score (nSPS) is 13.8. The quantitative estimate of drug-likeness (QED) is 0.799. The molecule has 5 heteroatoms. The Morgan fingerprint density at radius 3 is 3.00 bits per heavy atom. The lowest BCUT2D eigenvalue weighted by molar-refractivity contribution is 0.103. The van der Waals surface area contributed by atoms with E-state index in [0.717, 1.165) is 39.2 Å². The van der Waals surface area contributed by atoms with E-state index in [1.807, 2.05) is 23.9 Å². The number of aryl methyl sites for hydroxylation is 2. The number of amides is 1. The average molecular weight is 382 g/mol. The third kappa shape index (κ3) is 3.35. The SMILES string of the molecule is CCc1cc(Br)ccc1NC(=O)c1cc2c(s1)CCSC2. The number of fused-ring (bicyclic) bond motifs is 1. The molecule has 0 radical (unpaired) electrons. The third-order valence-electron chi connectivity index (χ3n) is 3.55. The van der Waals surface area contributed by atoms with Crippen LogP contribution in [0.4, 0.5) is 5.69 Å². The molecule has 3 rings (SSSR count). The van der Waals surface area contributed by atoms with Gasteiger partial charge in [-0.1, -0.05) is 22.9 Å². The van der Waals surface area contributed by atoms with Gasteiger partial charge in [-0.25, -0.2) is 0 Å². The molecule has 0 saturated heterocycles. The van der Waals surface area contributed by atoms with Gasteiger partial charge in [0, 0.05) is 20.8 Å². The molecule has 1 aliphatic rings. The van der Waals surface area contributed by atoms with Crippen molar-refractivity contribution in [3.63, 3.8) is 0 Å². The number of carbonyl (C=O) groups is 1. The summed E-state index contributed by atoms with van der Waals surface area (Å²) in [6, 6.07) is 8.05. The first-order chi connectivity index (χ1) is 10.2. The van der Waals surface area contributed by atoms with Gasteiger partial charge < -0.3 is 5.32 Å². The summed E-state index contributed by atoms with van der Waals surface area (Å²) < 4.78 is 1.04. The zero-order chi connectivity index (χ0) is 14.8. The molecule has 0 saturated carbocycles. The molecule has 1 aromatic heterocycles. The molecule has 0 fully saturated rings. The number of thiophene rings is 1. The van der Waals surface area contributed by atoms with Crippen molar-refractivity contribution in [3.8, 4) is 0 Å². The van der Waals surface area contributed by atoms with E-state index >= 15 is 0 Å². The average Bonchev–Trinajstić information content (AvgIpc) is 2.93. The molecule has 1 aliphatic heterocycles. The maximum absolute atomic E-state index is 12.5. The van der Waals surface area contributed by atoms with Crippen LogP contribution >= 0.6 is 39.0 Å². The summed E-state index contributed by atoms with van der Waals surface area (Å²) in [6.45, 7) is 2.10. The highest BCUT2D eigenvalue weighted by Crippen LogP contribution is 2.32. The maximum atomic E-state index is 12.5. The van der Waals surface area contributed by atoms with Gasteiger partial charge in [-0.2, -0.15) is 11.8 Å². The highest BCUT2D eigenvalue weighted by molar-refractivity contribution is 9.10. The van der Waals surface area contributed by atoms with Crippen LogP contribution in [0.1, 0.15) is 32.6 Å². The number of halogens is 1. The number of hydrogen-bond acceptors (Lipinski definition) is 3. The molecule has 21 heavy (non-hydrogen) atoms. The Bertz CT molecular complexity index is 657. The van der Waals surface area contributed by atoms with Crippen molar-refractivity contribution in [2.24, 2.45) is 0 Å². The van der Waals surface area contributed by atoms with Crippen molar-refractivity contribution in [1.29, 1.82) is 0 Å². The van der Waals surface area contributed by atoms with Crippen LogP contribution in [-0.2, 0) is 18.6 Å². The number of rotatable bonds is 3. The Labute approximate surface area is 141 Å². The summed E-state index contributed by atoms with van der Waals surface area (Å²) in [5.74, 6) is 2.22. The van der Waals surface area contributed by atoms with Crippen LogP contribution in [0.15, 0.2) is 28.7 Å². The molecular formula is C16H16BrNOS2. The minimum atomic E-state index is 0.0106. The number of nitrogens with one attached hydrogen (secondary N) is 1. The Hall–Kier alpha value is -0.780. The second-order valence-corrected chi connectivity index (χ2v) is 8.13. The van der Waals surface area contributed by atoms with Crippen molar-refractivity contribution in [2.45, 2.75) is 25.5 Å². The monoisotopic (exact) mass is 381 g/mol. The Morgan fingerprint density at radius 2 is 2.24 bits per heavy atom. The molecule has 2 aromatic rings. The fourth-order valence-corrected chi connectivity index (χ4v) is 5.10. The standard InChI is InChI=1S/C16H16BrNOS2/c1-2-10-7-12(17)3-4-13(10)18-16(19)15-8-11-9-20-6-5-14(11)21-15/h3-4,7-8H,2,5-6,9H2,1H3,(H,18,19). The fraction of sp³-hybridized carbons (Fsp3) is 0.312. The summed E-state index contributed by atoms with van der Waals surface area (Å²) in [6.07, 6.45) is 1.99. The third-order valence-corrected chi connectivity index (χ3v) is 6.28. The van der Waals surface area contributed by atoms with E-state index in [-0.39, 0.29) is 5.91 Å². The van der Waals surface area contributed by atoms with Gasteiger partial charge in [0.1, 0.15) is 0 Å². The molecule has 110 valence electrons. The zero-order valence-electron chi connectivity index (χ0n) is 11.7. The van der Waals surface area contributed by atoms with E-state index in [4.69, 9.17) is 0 Å². The van der Waals surface area contributed by atoms with Gasteiger partial charge in [0.15, 0.2) is 0 Å². The van der Waals surface area contributed by atoms with Crippen LogP contribution in [0.25, 0.3) is 0 Å². The van der Waals surface area contributed by atoms with Crippen LogP contribution < -0.4 is 5.32 Å². The largest absolute Gasteiger partial charge is 0.321 e. The van der Waals surface area contributed by atoms with Gasteiger partial charge in [0.2, 0.25) is 0 Å². The Kier molecular flexibility index (Phi) is 4.72. The first-order valence-electron chi connectivity index (χ1n) is 6.96. The molecule has 1 N–H and O–H groups in total. The fourth-order valence-electron chi connectivity index (χ4n) is 2.42. The van der Waals surface area contributed by atoms with Gasteiger partial charge in [-0.15, -0.1) is 11.3 Å². The second-order valence-electron chi connectivity index (χ2n) is 4.97. The molecule has 0 bridgehead atoms. The highest BCUT2D eigenvalue weighted by Gasteiger charge is 2.18. The van der Waals surface area contributed by atoms with E-state index in [9.17, 15) is 4.79 Å². The first kappa shape index (κ1) is 15.1. The number of carbonyl (C=O) groups excluding carboxylic acids is 1. The number of benzene rings is 1. The molecule has 2 heterocycles. The lowest BCUT2D eigenvalue weighted by atomic mass is 10.1. The van der Waals surface area contributed by atoms with Gasteiger partial charge in [0.25, 0.3) is 5.91 Å². The maximum Gasteiger partial charge on any atom is 0.265 e. The van der Waals surface area contributed by atoms with Gasteiger partial charge >= 0.3 is 0 Å². The zero-order valence-corrected chi connectivity index (χ0v) is 15.0. The van der Waals surface area contributed by atoms with E-state index < -0.39 is 0 Å². The predicted octanol–water partition coefficient (Wildman–Crippen LogP) is 5.11. The van der Waals surface area contributed by atoms with Crippen LogP contribution in [-0.4, -0.2) is 11.7 Å². The van der Waals surface area contributed by atoms with E-state index in [0.29, 0.717) is 0 Å². The summed E-state index contributed by atoms with van der Waals surface area (Å²) in [4.78, 5) is 14.7. The van der Waals surface area contributed by atoms with Gasteiger partial charge in [0.05, 0.1) is 4.88 Å². The van der Waals surface area contributed by atoms with E-state index in [1.165, 1.54) is 16.2 Å². The van der Waals surface area contributed by atoms with Crippen LogP contribution in [0.3, 0.4) is 0 Å². The number of hydrogen-bond donors (Lipinski definition) is 1. The summed E-state index contributed by atoms with van der Waals surface area (Å²) in [5, 5.41) is 3.06. The predicted molar refractivity (Wildman–Crippen MR) is 95.7 cm³/mol. The minimum absolute atomic E-state index is 0.0106. The molecule has 0 spiro atoms. The molecular weight excluding hydrogens is 366 g/mol. The molecule has 1 aromatic carbocycles. The van der Waals surface area contributed by atoms with Gasteiger partial charge in [-0.05, 0) is 54.0 Å². The lowest BCUT2D eigenvalue weighted by Crippen LogP contribution is -2.11. The van der Waals surface area contributed by atoms with Crippen LogP contribution in [0, 0.1) is 0 Å². The van der Waals surface area contributed by atoms with Gasteiger partial charge in [-0.3, -0.25) is 4.79 Å². The van der Waals surface area contributed by atoms with E-state index in [2.05, 4.69) is 40.3 Å². The number of thioether (sulfide) groups is 1. The van der Waals surface area contributed by atoms with Crippen LogP contribution in [0.2, 0.25) is 0 Å². The van der Waals surface area contributed by atoms with Crippen molar-refractivity contribution in [1.82, 2.24) is 0 Å². The van der Waals surface area contributed by atoms with E-state index in [1.54, 1.807) is 11.3 Å². The minimum Gasteiger partial charge on any atom is -0.321 e. The van der Waals surface area contributed by atoms with Crippen molar-refractivity contribution >= 4 is 50.6 Å². The summed E-state index contributed by atoms with van der Waals surface area (Å²) in [7, 11) is 0. The molecule has 0 unspecified atom stereocenters. The van der Waals surface area contributed by atoms with Crippen LogP contribution in [0.5, 0.6) is 0 Å². The summed E-state index contributed by atoms with van der Waals surface area (Å²) >= 11 is 7.06. The molecule has 0 atom stereocenters. The second kappa shape index (κ2) is 6.55. The van der Waals surface area contributed by atoms with Crippen molar-refractivity contribution < 1.29 is 4.79 Å². The van der Waals surface area contributed by atoms with Crippen molar-refractivity contribution in [3.05, 3.63) is 49.6 Å². The first-order valence-corrected chi connectivity index (χ1v) is 9.73. The number of anilines is 1. The Morgan fingerprint density at radius 1 is 1.38 bits per heavy atom. The highest BCUT2D eigenvalue weighted by atomic mass is 79.9. The molecule has 2 nitrogen and oxygen atoms in total. The summed E-state index contributed by atoms with van der Waals surface area (Å²) in [5.41, 5.74) is 3.40. The molecule has 1 amide bonds. The molecule has 0 aliphatic carbocycles. The lowest BCUT2D eigenvalue weighted by Gasteiger charge is -2.09. The smallest absolute Gasteiger partial charge is 0.265 e.